The number of carbonyl (C=O) groups excluding carboxylic acids is 1. The third kappa shape index (κ3) is 3.24. The molecule has 25 heavy (non-hydrogen) atoms. The summed E-state index contributed by atoms with van der Waals surface area (Å²) in [5.74, 6) is 1.65. The number of nitrogens with zero attached hydrogens (tertiary/aromatic N) is 1. The van der Waals surface area contributed by atoms with Crippen LogP contribution in [0, 0.1) is 18.8 Å². The van der Waals surface area contributed by atoms with Crippen LogP contribution in [0.5, 0.6) is 0 Å². The number of piperidine rings is 1. The van der Waals surface area contributed by atoms with Gasteiger partial charge in [-0.25, -0.2) is 9.78 Å². The van der Waals surface area contributed by atoms with Crippen LogP contribution in [0.2, 0.25) is 0 Å². The monoisotopic (exact) mass is 363 g/mol. The molecule has 1 aliphatic heterocycles. The van der Waals surface area contributed by atoms with Crippen molar-refractivity contribution < 1.29 is 13.9 Å². The zero-order valence-electron chi connectivity index (χ0n) is 14.0. The second kappa shape index (κ2) is 7.06. The van der Waals surface area contributed by atoms with Crippen LogP contribution in [0.15, 0.2) is 41.0 Å². The highest BCUT2D eigenvalue weighted by Crippen LogP contribution is 2.60. The van der Waals surface area contributed by atoms with Gasteiger partial charge in [0.2, 0.25) is 0 Å². The van der Waals surface area contributed by atoms with Crippen molar-refractivity contribution in [2.45, 2.75) is 18.9 Å². The molecule has 1 amide bonds. The first-order valence-electron chi connectivity index (χ1n) is 8.28. The van der Waals surface area contributed by atoms with Gasteiger partial charge in [-0.05, 0) is 30.5 Å². The van der Waals surface area contributed by atoms with E-state index in [1.54, 1.807) is 6.26 Å². The van der Waals surface area contributed by atoms with E-state index in [0.717, 1.165) is 24.3 Å². The maximum atomic E-state index is 12.1. The smallest absolute Gasteiger partial charge is 0.407 e. The number of aryl methyl sites for hydroxylation is 1. The first kappa shape index (κ1) is 17.8. The summed E-state index contributed by atoms with van der Waals surface area (Å²) in [5.41, 5.74) is 1.80. The Bertz CT molecular complexity index is 724. The van der Waals surface area contributed by atoms with Crippen molar-refractivity contribution in [1.29, 1.82) is 0 Å². The SMILES string of the molecule is Cc1nc(C2(CNC(=O)OCc3ccccc3)[C@@H]3CNC[C@@H]32)co1.Cl. The summed E-state index contributed by atoms with van der Waals surface area (Å²) in [6.07, 6.45) is 1.33. The topological polar surface area (TPSA) is 76.4 Å². The van der Waals surface area contributed by atoms with Gasteiger partial charge in [0.1, 0.15) is 12.9 Å². The van der Waals surface area contributed by atoms with Crippen molar-refractivity contribution in [2.75, 3.05) is 19.6 Å². The van der Waals surface area contributed by atoms with Gasteiger partial charge < -0.3 is 19.8 Å². The number of hydrogen-bond acceptors (Lipinski definition) is 5. The Morgan fingerprint density at radius 3 is 2.72 bits per heavy atom. The van der Waals surface area contributed by atoms with Gasteiger partial charge in [0.25, 0.3) is 0 Å². The number of oxazole rings is 1. The van der Waals surface area contributed by atoms with E-state index in [-0.39, 0.29) is 24.4 Å². The molecule has 1 aromatic heterocycles. The minimum atomic E-state index is -0.392. The van der Waals surface area contributed by atoms with Gasteiger partial charge in [-0.3, -0.25) is 0 Å². The largest absolute Gasteiger partial charge is 0.449 e. The Morgan fingerprint density at radius 1 is 1.36 bits per heavy atom. The second-order valence-electron chi connectivity index (χ2n) is 6.58. The van der Waals surface area contributed by atoms with Crippen molar-refractivity contribution in [2.24, 2.45) is 11.8 Å². The molecule has 1 unspecified atom stereocenters. The molecule has 6 nitrogen and oxygen atoms in total. The number of carbonyl (C=O) groups is 1. The van der Waals surface area contributed by atoms with Crippen LogP contribution in [0.1, 0.15) is 17.1 Å². The fourth-order valence-corrected chi connectivity index (χ4v) is 3.95. The molecular weight excluding hydrogens is 342 g/mol. The van der Waals surface area contributed by atoms with Gasteiger partial charge in [0.05, 0.1) is 5.69 Å². The standard InChI is InChI=1S/C18H21N3O3.ClH/c1-12-21-16(10-23-12)18(14-7-19-8-15(14)18)11-20-17(22)24-9-13-5-3-2-4-6-13;/h2-6,10,14-15,19H,7-9,11H2,1H3,(H,20,22);1H/t14-,15+,18?;. The molecule has 2 N–H and O–H groups in total. The summed E-state index contributed by atoms with van der Waals surface area (Å²) in [6, 6.07) is 9.66. The Balaban J connectivity index is 0.00000182. The van der Waals surface area contributed by atoms with Crippen LogP contribution in [0.3, 0.4) is 0 Å². The number of amides is 1. The summed E-state index contributed by atoms with van der Waals surface area (Å²) in [7, 11) is 0. The molecule has 3 atom stereocenters. The minimum absolute atomic E-state index is 0. The second-order valence-corrected chi connectivity index (χ2v) is 6.58. The van der Waals surface area contributed by atoms with Crippen LogP contribution in [0.4, 0.5) is 4.79 Å². The lowest BCUT2D eigenvalue weighted by Gasteiger charge is -2.19. The van der Waals surface area contributed by atoms with E-state index in [2.05, 4.69) is 15.6 Å². The van der Waals surface area contributed by atoms with Crippen molar-refractivity contribution in [3.8, 4) is 0 Å². The lowest BCUT2D eigenvalue weighted by molar-refractivity contribution is 0.138. The molecule has 1 saturated heterocycles. The number of rotatable bonds is 5. The molecule has 7 heteroatoms. The number of hydrogen-bond donors (Lipinski definition) is 2. The zero-order chi connectivity index (χ0) is 16.6. The summed E-state index contributed by atoms with van der Waals surface area (Å²) >= 11 is 0. The summed E-state index contributed by atoms with van der Waals surface area (Å²) in [4.78, 5) is 16.6. The fraction of sp³-hybridized carbons (Fsp3) is 0.444. The van der Waals surface area contributed by atoms with E-state index in [1.165, 1.54) is 0 Å². The van der Waals surface area contributed by atoms with Crippen LogP contribution in [-0.2, 0) is 16.8 Å². The fourth-order valence-electron chi connectivity index (χ4n) is 3.95. The minimum Gasteiger partial charge on any atom is -0.449 e. The van der Waals surface area contributed by atoms with Gasteiger partial charge in [-0.15, -0.1) is 12.4 Å². The average molecular weight is 364 g/mol. The molecule has 2 aromatic rings. The predicted molar refractivity (Wildman–Crippen MR) is 94.6 cm³/mol. The molecule has 4 rings (SSSR count). The van der Waals surface area contributed by atoms with Gasteiger partial charge in [0.15, 0.2) is 5.89 Å². The first-order valence-corrected chi connectivity index (χ1v) is 8.28. The first-order chi connectivity index (χ1) is 11.7. The molecule has 0 bridgehead atoms. The number of aromatic nitrogens is 1. The predicted octanol–water partition coefficient (Wildman–Crippen LogP) is 2.42. The number of alkyl carbamates (subject to hydrolysis) is 1. The Kier molecular flexibility index (Phi) is 5.01. The van der Waals surface area contributed by atoms with Crippen molar-refractivity contribution in [3.05, 3.63) is 53.7 Å². The zero-order valence-corrected chi connectivity index (χ0v) is 14.8. The molecule has 1 aliphatic carbocycles. The third-order valence-corrected chi connectivity index (χ3v) is 5.26. The van der Waals surface area contributed by atoms with Crippen LogP contribution >= 0.6 is 12.4 Å². The van der Waals surface area contributed by atoms with Gasteiger partial charge in [-0.1, -0.05) is 30.3 Å². The molecule has 134 valence electrons. The molecule has 1 aromatic carbocycles. The van der Waals surface area contributed by atoms with Crippen LogP contribution in [-0.4, -0.2) is 30.7 Å². The lowest BCUT2D eigenvalue weighted by Crippen LogP contribution is -2.38. The summed E-state index contributed by atoms with van der Waals surface area (Å²) in [5, 5.41) is 6.31. The molecule has 2 heterocycles. The highest BCUT2D eigenvalue weighted by molar-refractivity contribution is 5.85. The van der Waals surface area contributed by atoms with E-state index in [4.69, 9.17) is 9.15 Å². The Labute approximate surface area is 152 Å². The number of nitrogens with one attached hydrogen (secondary N) is 2. The van der Waals surface area contributed by atoms with Gasteiger partial charge in [0, 0.05) is 18.9 Å². The Morgan fingerprint density at radius 2 is 2.08 bits per heavy atom. The number of halogens is 1. The number of fused-ring (bicyclic) bond motifs is 1. The molecule has 1 saturated carbocycles. The van der Waals surface area contributed by atoms with Crippen molar-refractivity contribution in [1.82, 2.24) is 15.6 Å². The molecular formula is C18H22ClN3O3. The molecule has 2 fully saturated rings. The highest BCUT2D eigenvalue weighted by Gasteiger charge is 2.68. The van der Waals surface area contributed by atoms with Gasteiger partial charge in [-0.2, -0.15) is 0 Å². The highest BCUT2D eigenvalue weighted by atomic mass is 35.5. The number of benzene rings is 1. The lowest BCUT2D eigenvalue weighted by atomic mass is 9.96. The quantitative estimate of drug-likeness (QED) is 0.853. The van der Waals surface area contributed by atoms with Gasteiger partial charge >= 0.3 is 6.09 Å². The van der Waals surface area contributed by atoms with E-state index in [0.29, 0.717) is 24.3 Å². The normalized spacial score (nSPS) is 26.4. The van der Waals surface area contributed by atoms with Crippen molar-refractivity contribution >= 4 is 18.5 Å². The Hall–Kier alpha value is -2.05. The van der Waals surface area contributed by atoms with Crippen LogP contribution < -0.4 is 10.6 Å². The van der Waals surface area contributed by atoms with E-state index in [1.807, 2.05) is 37.3 Å². The maximum absolute atomic E-state index is 12.1. The molecule has 2 aliphatic rings. The molecule has 0 spiro atoms. The van der Waals surface area contributed by atoms with E-state index >= 15 is 0 Å². The maximum Gasteiger partial charge on any atom is 0.407 e. The third-order valence-electron chi connectivity index (χ3n) is 5.26. The van der Waals surface area contributed by atoms with Crippen LogP contribution in [0.25, 0.3) is 0 Å². The van der Waals surface area contributed by atoms with Crippen molar-refractivity contribution in [3.63, 3.8) is 0 Å². The average Bonchev–Trinajstić information content (AvgIpc) is 2.99. The number of ether oxygens (including phenoxy) is 1. The summed E-state index contributed by atoms with van der Waals surface area (Å²) < 4.78 is 10.7. The van der Waals surface area contributed by atoms with E-state index in [9.17, 15) is 4.79 Å². The van der Waals surface area contributed by atoms with E-state index < -0.39 is 6.09 Å². The molecule has 0 radical (unpaired) electrons. The summed E-state index contributed by atoms with van der Waals surface area (Å²) in [6.45, 7) is 4.56.